The first-order chi connectivity index (χ1) is 11.4. The first-order valence-corrected chi connectivity index (χ1v) is 7.30. The molecule has 3 rings (SSSR count). The first kappa shape index (κ1) is 16.3. The third-order valence-electron chi connectivity index (χ3n) is 3.22. The third kappa shape index (κ3) is 3.68. The molecule has 3 aromatic rings. The molecule has 0 fully saturated rings. The van der Waals surface area contributed by atoms with Crippen molar-refractivity contribution in [3.63, 3.8) is 0 Å². The molecule has 0 amide bonds. The van der Waals surface area contributed by atoms with Gasteiger partial charge in [-0.15, -0.1) is 10.2 Å². The molecular weight excluding hydrogens is 343 g/mol. The molecule has 0 spiro atoms. The van der Waals surface area contributed by atoms with Gasteiger partial charge in [0.25, 0.3) is 0 Å². The number of halogens is 4. The largest absolute Gasteiger partial charge is 0.419 e. The molecule has 0 aliphatic heterocycles. The van der Waals surface area contributed by atoms with Gasteiger partial charge in [0.05, 0.1) is 12.1 Å². The van der Waals surface area contributed by atoms with Gasteiger partial charge >= 0.3 is 6.18 Å². The topological polar surface area (TPSA) is 51.0 Å². The summed E-state index contributed by atoms with van der Waals surface area (Å²) in [6, 6.07) is 12.0. The zero-order valence-corrected chi connectivity index (χ0v) is 12.9. The average molecular weight is 354 g/mol. The van der Waals surface area contributed by atoms with Crippen molar-refractivity contribution in [3.8, 4) is 11.5 Å². The maximum absolute atomic E-state index is 12.9. The summed E-state index contributed by atoms with van der Waals surface area (Å²) >= 11 is 5.80. The van der Waals surface area contributed by atoms with Crippen LogP contribution < -0.4 is 5.32 Å². The van der Waals surface area contributed by atoms with Gasteiger partial charge in [0.1, 0.15) is 0 Å². The lowest BCUT2D eigenvalue weighted by atomic mass is 10.1. The van der Waals surface area contributed by atoms with Crippen molar-refractivity contribution in [2.75, 3.05) is 5.32 Å². The minimum atomic E-state index is -4.44. The molecular formula is C16H11ClF3N3O. The predicted molar refractivity (Wildman–Crippen MR) is 83.5 cm³/mol. The highest BCUT2D eigenvalue weighted by Gasteiger charge is 2.33. The van der Waals surface area contributed by atoms with Gasteiger partial charge in [-0.25, -0.2) is 0 Å². The van der Waals surface area contributed by atoms with Crippen LogP contribution in [0.2, 0.25) is 5.02 Å². The van der Waals surface area contributed by atoms with Gasteiger partial charge < -0.3 is 9.73 Å². The van der Waals surface area contributed by atoms with Crippen LogP contribution in [0.4, 0.5) is 18.9 Å². The second kappa shape index (κ2) is 6.52. The van der Waals surface area contributed by atoms with Gasteiger partial charge in [-0.05, 0) is 36.4 Å². The summed E-state index contributed by atoms with van der Waals surface area (Å²) < 4.78 is 44.2. The molecule has 1 N–H and O–H groups in total. The van der Waals surface area contributed by atoms with Crippen molar-refractivity contribution in [3.05, 3.63) is 65.0 Å². The Morgan fingerprint density at radius 3 is 2.42 bits per heavy atom. The van der Waals surface area contributed by atoms with Crippen molar-refractivity contribution < 1.29 is 17.6 Å². The summed E-state index contributed by atoms with van der Waals surface area (Å²) in [5, 5.41) is 11.0. The lowest BCUT2D eigenvalue weighted by molar-refractivity contribution is -0.137. The highest BCUT2D eigenvalue weighted by atomic mass is 35.5. The van der Waals surface area contributed by atoms with Crippen molar-refractivity contribution >= 4 is 17.3 Å². The molecule has 0 saturated carbocycles. The van der Waals surface area contributed by atoms with Gasteiger partial charge in [0.2, 0.25) is 11.8 Å². The summed E-state index contributed by atoms with van der Waals surface area (Å²) in [7, 11) is 0. The number of nitrogens with one attached hydrogen (secondary N) is 1. The van der Waals surface area contributed by atoms with Crippen LogP contribution in [0, 0.1) is 0 Å². The number of benzene rings is 2. The van der Waals surface area contributed by atoms with Crippen LogP contribution >= 0.6 is 11.6 Å². The van der Waals surface area contributed by atoms with Crippen molar-refractivity contribution in [2.45, 2.75) is 12.7 Å². The molecule has 2 aromatic carbocycles. The number of rotatable bonds is 4. The number of anilines is 1. The Bertz CT molecular complexity index is 831. The Balaban J connectivity index is 1.74. The summed E-state index contributed by atoms with van der Waals surface area (Å²) in [4.78, 5) is 0. The maximum atomic E-state index is 12.9. The van der Waals surface area contributed by atoms with E-state index in [-0.39, 0.29) is 24.0 Å². The summed E-state index contributed by atoms with van der Waals surface area (Å²) in [6.45, 7) is -0.0202. The normalized spacial score (nSPS) is 11.5. The Morgan fingerprint density at radius 1 is 1.00 bits per heavy atom. The fourth-order valence-electron chi connectivity index (χ4n) is 2.09. The standard InChI is InChI=1S/C16H11ClF3N3O/c17-11-7-5-10(6-8-11)15-23-22-14(24-15)9-21-13-4-2-1-3-12(13)16(18,19)20/h1-8,21H,9H2. The molecule has 0 radical (unpaired) electrons. The SMILES string of the molecule is FC(F)(F)c1ccccc1NCc1nnc(-c2ccc(Cl)cc2)o1. The Hall–Kier alpha value is -2.54. The molecule has 0 unspecified atom stereocenters. The minimum absolute atomic E-state index is 0.0202. The lowest BCUT2D eigenvalue weighted by Crippen LogP contribution is -2.10. The van der Waals surface area contributed by atoms with Gasteiger partial charge in [-0.3, -0.25) is 0 Å². The van der Waals surface area contributed by atoms with Crippen LogP contribution in [0.3, 0.4) is 0 Å². The van der Waals surface area contributed by atoms with Crippen molar-refractivity contribution in [1.82, 2.24) is 10.2 Å². The quantitative estimate of drug-likeness (QED) is 0.715. The van der Waals surface area contributed by atoms with Crippen LogP contribution in [0.25, 0.3) is 11.5 Å². The number of alkyl halides is 3. The van der Waals surface area contributed by atoms with Crippen LogP contribution in [0.1, 0.15) is 11.5 Å². The molecule has 4 nitrogen and oxygen atoms in total. The predicted octanol–water partition coefficient (Wildman–Crippen LogP) is 5.02. The summed E-state index contributed by atoms with van der Waals surface area (Å²) in [5.74, 6) is 0.449. The molecule has 24 heavy (non-hydrogen) atoms. The fraction of sp³-hybridized carbons (Fsp3) is 0.125. The number of hydrogen-bond donors (Lipinski definition) is 1. The highest BCUT2D eigenvalue weighted by Crippen LogP contribution is 2.34. The van der Waals surface area contributed by atoms with Crippen LogP contribution in [0.15, 0.2) is 52.9 Å². The van der Waals surface area contributed by atoms with E-state index in [0.29, 0.717) is 10.6 Å². The Labute approximate surface area is 140 Å². The van der Waals surface area contributed by atoms with Crippen LogP contribution in [-0.4, -0.2) is 10.2 Å². The van der Waals surface area contributed by atoms with E-state index >= 15 is 0 Å². The molecule has 124 valence electrons. The van der Waals surface area contributed by atoms with E-state index in [1.165, 1.54) is 18.2 Å². The first-order valence-electron chi connectivity index (χ1n) is 6.92. The number of nitrogens with zero attached hydrogens (tertiary/aromatic N) is 2. The third-order valence-corrected chi connectivity index (χ3v) is 3.47. The van der Waals surface area contributed by atoms with Crippen LogP contribution in [-0.2, 0) is 12.7 Å². The number of para-hydroxylation sites is 1. The molecule has 0 bridgehead atoms. The molecule has 1 aromatic heterocycles. The second-order valence-electron chi connectivity index (χ2n) is 4.90. The van der Waals surface area contributed by atoms with E-state index in [1.54, 1.807) is 24.3 Å². The van der Waals surface area contributed by atoms with Gasteiger partial charge in [0.15, 0.2) is 0 Å². The van der Waals surface area contributed by atoms with Gasteiger partial charge in [-0.2, -0.15) is 13.2 Å². The van der Waals surface area contributed by atoms with E-state index in [0.717, 1.165) is 6.07 Å². The fourth-order valence-corrected chi connectivity index (χ4v) is 2.22. The van der Waals surface area contributed by atoms with Gasteiger partial charge in [0, 0.05) is 16.3 Å². The van der Waals surface area contributed by atoms with E-state index in [9.17, 15) is 13.2 Å². The van der Waals surface area contributed by atoms with Crippen molar-refractivity contribution in [2.24, 2.45) is 0 Å². The molecule has 0 saturated heterocycles. The average Bonchev–Trinajstić information content (AvgIpc) is 3.02. The second-order valence-corrected chi connectivity index (χ2v) is 5.34. The molecule has 0 atom stereocenters. The smallest absolute Gasteiger partial charge is 0.418 e. The summed E-state index contributed by atoms with van der Waals surface area (Å²) in [5.41, 5.74) is -0.118. The zero-order valence-electron chi connectivity index (χ0n) is 12.1. The van der Waals surface area contributed by atoms with E-state index in [2.05, 4.69) is 15.5 Å². The van der Waals surface area contributed by atoms with E-state index in [1.807, 2.05) is 0 Å². The van der Waals surface area contributed by atoms with E-state index in [4.69, 9.17) is 16.0 Å². The number of hydrogen-bond acceptors (Lipinski definition) is 4. The Kier molecular flexibility index (Phi) is 4.44. The molecule has 1 heterocycles. The lowest BCUT2D eigenvalue weighted by Gasteiger charge is -2.13. The molecule has 8 heteroatoms. The monoisotopic (exact) mass is 353 g/mol. The van der Waals surface area contributed by atoms with Gasteiger partial charge in [-0.1, -0.05) is 23.7 Å². The number of aromatic nitrogens is 2. The van der Waals surface area contributed by atoms with E-state index < -0.39 is 11.7 Å². The highest BCUT2D eigenvalue weighted by molar-refractivity contribution is 6.30. The molecule has 0 aliphatic rings. The summed E-state index contributed by atoms with van der Waals surface area (Å²) in [6.07, 6.45) is -4.44. The van der Waals surface area contributed by atoms with Crippen molar-refractivity contribution in [1.29, 1.82) is 0 Å². The zero-order chi connectivity index (χ0) is 17.2. The maximum Gasteiger partial charge on any atom is 0.418 e. The minimum Gasteiger partial charge on any atom is -0.419 e. The Morgan fingerprint density at radius 2 is 1.71 bits per heavy atom. The van der Waals surface area contributed by atoms with Crippen LogP contribution in [0.5, 0.6) is 0 Å². The molecule has 0 aliphatic carbocycles.